The molecule has 3 rings (SSSR count). The molecule has 104 valence electrons. The molecule has 0 saturated carbocycles. The Balaban J connectivity index is 1.75. The second-order valence-electron chi connectivity index (χ2n) is 4.72. The van der Waals surface area contributed by atoms with Crippen molar-refractivity contribution in [3.8, 4) is 0 Å². The van der Waals surface area contributed by atoms with Gasteiger partial charge in [0.05, 0.1) is 6.61 Å². The summed E-state index contributed by atoms with van der Waals surface area (Å²) in [5, 5.41) is 29.0. The van der Waals surface area contributed by atoms with Crippen molar-refractivity contribution < 1.29 is 29.5 Å². The number of aliphatic hydroxyl groups is 3. The van der Waals surface area contributed by atoms with Crippen LogP contribution < -0.4 is 0 Å². The van der Waals surface area contributed by atoms with Crippen LogP contribution >= 0.6 is 0 Å². The number of rotatable bonds is 1. The van der Waals surface area contributed by atoms with Gasteiger partial charge < -0.3 is 29.5 Å². The van der Waals surface area contributed by atoms with Gasteiger partial charge in [-0.3, -0.25) is 0 Å². The van der Waals surface area contributed by atoms with Crippen LogP contribution in [0.25, 0.3) is 0 Å². The van der Waals surface area contributed by atoms with Gasteiger partial charge in [0.25, 0.3) is 0 Å². The van der Waals surface area contributed by atoms with Crippen LogP contribution in [-0.4, -0.2) is 52.6 Å². The third kappa shape index (κ3) is 2.38. The molecule has 0 bridgehead atoms. The van der Waals surface area contributed by atoms with Crippen LogP contribution in [0.2, 0.25) is 0 Å². The van der Waals surface area contributed by atoms with Crippen molar-refractivity contribution in [2.24, 2.45) is 0 Å². The summed E-state index contributed by atoms with van der Waals surface area (Å²) in [6.45, 7) is 0.186. The summed E-state index contributed by atoms with van der Waals surface area (Å²) in [4.78, 5) is 0. The number of fused-ring (bicyclic) bond motifs is 1. The fraction of sp³-hybridized carbons (Fsp3) is 0.538. The molecule has 3 N–H and O–H groups in total. The molecule has 6 heteroatoms. The number of aliphatic hydroxyl groups excluding tert-OH is 3. The molecule has 0 unspecified atom stereocenters. The molecule has 2 saturated heterocycles. The largest absolute Gasteiger partial charge is 0.387 e. The quantitative estimate of drug-likeness (QED) is 0.639. The van der Waals surface area contributed by atoms with Gasteiger partial charge in [-0.05, 0) is 0 Å². The van der Waals surface area contributed by atoms with Crippen molar-refractivity contribution >= 4 is 0 Å². The van der Waals surface area contributed by atoms with Crippen LogP contribution in [-0.2, 0) is 14.2 Å². The predicted octanol–water partition coefficient (Wildman–Crippen LogP) is -0.460. The lowest BCUT2D eigenvalue weighted by Crippen LogP contribution is -2.61. The zero-order valence-corrected chi connectivity index (χ0v) is 10.1. The van der Waals surface area contributed by atoms with Gasteiger partial charge in [0.15, 0.2) is 12.6 Å². The van der Waals surface area contributed by atoms with E-state index in [9.17, 15) is 15.3 Å². The highest BCUT2D eigenvalue weighted by Gasteiger charge is 2.48. The van der Waals surface area contributed by atoms with Gasteiger partial charge in [-0.1, -0.05) is 30.3 Å². The summed E-state index contributed by atoms with van der Waals surface area (Å²) in [5.74, 6) is 0. The molecule has 1 aromatic rings. The highest BCUT2D eigenvalue weighted by atomic mass is 16.7. The fourth-order valence-corrected chi connectivity index (χ4v) is 2.37. The summed E-state index contributed by atoms with van der Waals surface area (Å²) in [7, 11) is 0. The first-order chi connectivity index (χ1) is 9.16. The Morgan fingerprint density at radius 1 is 0.947 bits per heavy atom. The summed E-state index contributed by atoms with van der Waals surface area (Å²) >= 11 is 0. The molecule has 0 aromatic heterocycles. The molecule has 2 aliphatic heterocycles. The third-order valence-corrected chi connectivity index (χ3v) is 3.42. The molecular weight excluding hydrogens is 252 g/mol. The van der Waals surface area contributed by atoms with Crippen molar-refractivity contribution in [2.45, 2.75) is 37.0 Å². The standard InChI is InChI=1S/C13H16O6/c14-9-10(15)12(16)18-8-6-17-13(19-11(8)9)7-4-2-1-3-5-7/h1-5,8-16H,6H2/t8-,9+,10-,11+,12-,13+/m1/s1. The summed E-state index contributed by atoms with van der Waals surface area (Å²) in [6, 6.07) is 9.31. The Bertz CT molecular complexity index is 422. The second kappa shape index (κ2) is 5.16. The van der Waals surface area contributed by atoms with Crippen molar-refractivity contribution in [3.05, 3.63) is 35.9 Å². The van der Waals surface area contributed by atoms with Gasteiger partial charge in [0.1, 0.15) is 24.4 Å². The van der Waals surface area contributed by atoms with Gasteiger partial charge in [0, 0.05) is 5.56 Å². The van der Waals surface area contributed by atoms with Crippen LogP contribution in [0.1, 0.15) is 11.9 Å². The first-order valence-electron chi connectivity index (χ1n) is 6.18. The van der Waals surface area contributed by atoms with Gasteiger partial charge in [-0.2, -0.15) is 0 Å². The molecule has 2 aliphatic rings. The van der Waals surface area contributed by atoms with E-state index in [0.29, 0.717) is 0 Å². The Morgan fingerprint density at radius 2 is 1.68 bits per heavy atom. The van der Waals surface area contributed by atoms with E-state index < -0.39 is 37.0 Å². The first kappa shape index (κ1) is 13.0. The van der Waals surface area contributed by atoms with E-state index in [4.69, 9.17) is 14.2 Å². The maximum absolute atomic E-state index is 9.94. The normalized spacial score (nSPS) is 42.7. The van der Waals surface area contributed by atoms with E-state index in [1.54, 1.807) is 0 Å². The lowest BCUT2D eigenvalue weighted by Gasteiger charge is -2.45. The fourth-order valence-electron chi connectivity index (χ4n) is 2.37. The zero-order valence-electron chi connectivity index (χ0n) is 10.1. The maximum Gasteiger partial charge on any atom is 0.184 e. The van der Waals surface area contributed by atoms with Gasteiger partial charge in [0.2, 0.25) is 0 Å². The minimum Gasteiger partial charge on any atom is -0.387 e. The number of benzene rings is 1. The number of ether oxygens (including phenoxy) is 3. The van der Waals surface area contributed by atoms with Crippen LogP contribution in [0.15, 0.2) is 30.3 Å². The number of hydrogen-bond acceptors (Lipinski definition) is 6. The molecule has 0 radical (unpaired) electrons. The van der Waals surface area contributed by atoms with E-state index in [1.165, 1.54) is 0 Å². The minimum atomic E-state index is -1.42. The monoisotopic (exact) mass is 268 g/mol. The molecular formula is C13H16O6. The van der Waals surface area contributed by atoms with Gasteiger partial charge in [-0.25, -0.2) is 0 Å². The van der Waals surface area contributed by atoms with E-state index in [2.05, 4.69) is 0 Å². The van der Waals surface area contributed by atoms with Crippen molar-refractivity contribution in [1.29, 1.82) is 0 Å². The van der Waals surface area contributed by atoms with Gasteiger partial charge >= 0.3 is 0 Å². The summed E-state index contributed by atoms with van der Waals surface area (Å²) < 4.78 is 16.3. The van der Waals surface area contributed by atoms with Crippen molar-refractivity contribution in [2.75, 3.05) is 6.61 Å². The van der Waals surface area contributed by atoms with Crippen LogP contribution in [0.4, 0.5) is 0 Å². The van der Waals surface area contributed by atoms with E-state index in [-0.39, 0.29) is 6.61 Å². The Labute approximate surface area is 110 Å². The highest BCUT2D eigenvalue weighted by molar-refractivity contribution is 5.16. The van der Waals surface area contributed by atoms with Crippen LogP contribution in [0, 0.1) is 0 Å². The van der Waals surface area contributed by atoms with Gasteiger partial charge in [-0.15, -0.1) is 0 Å². The van der Waals surface area contributed by atoms with Crippen LogP contribution in [0.5, 0.6) is 0 Å². The zero-order chi connectivity index (χ0) is 13.4. The van der Waals surface area contributed by atoms with E-state index in [1.807, 2.05) is 30.3 Å². The summed E-state index contributed by atoms with van der Waals surface area (Å²) in [5.41, 5.74) is 0.828. The average Bonchev–Trinajstić information content (AvgIpc) is 2.46. The predicted molar refractivity (Wildman–Crippen MR) is 62.9 cm³/mol. The molecule has 19 heavy (non-hydrogen) atoms. The SMILES string of the molecule is O[C@@H]1[C@H](O)[C@H]2O[C@@H](c3ccccc3)OC[C@H]2O[C@H]1O. The second-order valence-corrected chi connectivity index (χ2v) is 4.72. The molecule has 6 nitrogen and oxygen atoms in total. The smallest absolute Gasteiger partial charge is 0.184 e. The Morgan fingerprint density at radius 3 is 2.42 bits per heavy atom. The first-order valence-corrected chi connectivity index (χ1v) is 6.18. The highest BCUT2D eigenvalue weighted by Crippen LogP contribution is 2.33. The molecule has 0 spiro atoms. The lowest BCUT2D eigenvalue weighted by molar-refractivity contribution is -0.354. The molecule has 0 aliphatic carbocycles. The molecule has 2 fully saturated rings. The van der Waals surface area contributed by atoms with E-state index in [0.717, 1.165) is 5.56 Å². The Kier molecular flexibility index (Phi) is 3.53. The van der Waals surface area contributed by atoms with E-state index >= 15 is 0 Å². The van der Waals surface area contributed by atoms with Crippen molar-refractivity contribution in [1.82, 2.24) is 0 Å². The molecule has 2 heterocycles. The van der Waals surface area contributed by atoms with Crippen LogP contribution in [0.3, 0.4) is 0 Å². The molecule has 1 aromatic carbocycles. The number of hydrogen-bond donors (Lipinski definition) is 3. The summed E-state index contributed by atoms with van der Waals surface area (Å²) in [6.07, 6.45) is -5.93. The van der Waals surface area contributed by atoms with Crippen molar-refractivity contribution in [3.63, 3.8) is 0 Å². The minimum absolute atomic E-state index is 0.186. The Hall–Kier alpha value is -1.02. The maximum atomic E-state index is 9.94. The lowest BCUT2D eigenvalue weighted by atomic mass is 9.98. The molecule has 0 amide bonds. The topological polar surface area (TPSA) is 88.4 Å². The third-order valence-electron chi connectivity index (χ3n) is 3.42. The molecule has 6 atom stereocenters. The average molecular weight is 268 g/mol.